The minimum absolute atomic E-state index is 0.00603. The molecular formula is C33H36FN5O6S. The summed E-state index contributed by atoms with van der Waals surface area (Å²) >= 11 is 0. The molecule has 13 heteroatoms. The predicted octanol–water partition coefficient (Wildman–Crippen LogP) is 5.44. The van der Waals surface area contributed by atoms with Gasteiger partial charge in [-0.05, 0) is 110 Å². The number of nitrogens with one attached hydrogen (secondary N) is 3. The maximum absolute atomic E-state index is 13.9. The summed E-state index contributed by atoms with van der Waals surface area (Å²) in [6.45, 7) is 0.731. The molecule has 11 nitrogen and oxygen atoms in total. The topological polar surface area (TPSA) is 174 Å². The number of nitrogens with zero attached hydrogens (tertiary/aromatic N) is 1. The second-order valence-electron chi connectivity index (χ2n) is 13.0. The number of halogens is 1. The van der Waals surface area contributed by atoms with Gasteiger partial charge in [-0.15, -0.1) is 0 Å². The van der Waals surface area contributed by atoms with E-state index in [0.29, 0.717) is 17.7 Å². The van der Waals surface area contributed by atoms with Gasteiger partial charge >= 0.3 is 0 Å². The molecule has 4 aliphatic carbocycles. The van der Waals surface area contributed by atoms with Crippen molar-refractivity contribution in [1.82, 2.24) is 4.72 Å². The van der Waals surface area contributed by atoms with E-state index in [4.69, 9.17) is 5.73 Å². The number of carbonyl (C=O) groups is 2. The van der Waals surface area contributed by atoms with E-state index in [1.165, 1.54) is 73.9 Å². The maximum atomic E-state index is 13.9. The van der Waals surface area contributed by atoms with Gasteiger partial charge in [-0.1, -0.05) is 12.1 Å². The van der Waals surface area contributed by atoms with Crippen molar-refractivity contribution in [2.75, 3.05) is 23.7 Å². The Morgan fingerprint density at radius 2 is 1.59 bits per heavy atom. The third-order valence-electron chi connectivity index (χ3n) is 9.61. The number of anilines is 2. The summed E-state index contributed by atoms with van der Waals surface area (Å²) in [7, 11) is -4.46. The molecule has 3 aromatic rings. The second-order valence-corrected chi connectivity index (χ2v) is 14.7. The minimum Gasteiger partial charge on any atom is -0.379 e. The van der Waals surface area contributed by atoms with Crippen LogP contribution >= 0.6 is 0 Å². The van der Waals surface area contributed by atoms with Crippen molar-refractivity contribution in [3.05, 3.63) is 82.2 Å². The highest BCUT2D eigenvalue weighted by Crippen LogP contribution is 2.60. The lowest BCUT2D eigenvalue weighted by atomic mass is 9.49. The van der Waals surface area contributed by atoms with Crippen LogP contribution in [0.4, 0.5) is 21.5 Å². The Balaban J connectivity index is 1.15. The average Bonchev–Trinajstić information content (AvgIpc) is 2.99. The Kier molecular flexibility index (Phi) is 8.55. The molecule has 0 radical (unpaired) electrons. The van der Waals surface area contributed by atoms with E-state index < -0.39 is 31.6 Å². The highest BCUT2D eigenvalue weighted by Gasteiger charge is 2.50. The maximum Gasteiger partial charge on any atom is 0.293 e. The number of nitrogens with two attached hydrogens (primary N) is 1. The largest absolute Gasteiger partial charge is 0.379 e. The molecule has 7 rings (SSSR count). The van der Waals surface area contributed by atoms with Gasteiger partial charge in [0.25, 0.3) is 21.6 Å². The zero-order chi connectivity index (χ0) is 32.6. The van der Waals surface area contributed by atoms with Crippen LogP contribution in [0.25, 0.3) is 11.1 Å². The Hall–Kier alpha value is -4.36. The number of sulfonamides is 1. The zero-order valence-corrected chi connectivity index (χ0v) is 25.9. The average molecular weight is 650 g/mol. The highest BCUT2D eigenvalue weighted by molar-refractivity contribution is 7.90. The molecule has 242 valence electrons. The lowest BCUT2D eigenvalue weighted by Crippen LogP contribution is -2.49. The quantitative estimate of drug-likeness (QED) is 0.157. The zero-order valence-electron chi connectivity index (χ0n) is 25.1. The van der Waals surface area contributed by atoms with Crippen molar-refractivity contribution in [2.24, 2.45) is 28.9 Å². The molecule has 0 unspecified atom stereocenters. The molecule has 0 heterocycles. The second kappa shape index (κ2) is 12.4. The van der Waals surface area contributed by atoms with Gasteiger partial charge in [-0.25, -0.2) is 17.5 Å². The Morgan fingerprint density at radius 3 is 2.20 bits per heavy atom. The van der Waals surface area contributed by atoms with Gasteiger partial charge in [0.05, 0.1) is 15.5 Å². The van der Waals surface area contributed by atoms with Crippen LogP contribution in [0.2, 0.25) is 0 Å². The molecular weight excluding hydrogens is 613 g/mol. The Morgan fingerprint density at radius 1 is 0.935 bits per heavy atom. The van der Waals surface area contributed by atoms with Crippen molar-refractivity contribution in [1.29, 1.82) is 0 Å². The van der Waals surface area contributed by atoms with Crippen LogP contribution in [0.3, 0.4) is 0 Å². The third kappa shape index (κ3) is 6.61. The lowest BCUT2D eigenvalue weighted by molar-refractivity contribution is -0.384. The number of hydrogen-bond donors (Lipinski definition) is 4. The van der Waals surface area contributed by atoms with Crippen LogP contribution < -0.4 is 21.1 Å². The molecule has 0 saturated heterocycles. The summed E-state index contributed by atoms with van der Waals surface area (Å²) in [6, 6.07) is 13.3. The summed E-state index contributed by atoms with van der Waals surface area (Å²) in [4.78, 5) is 36.0. The van der Waals surface area contributed by atoms with Gasteiger partial charge in [0.1, 0.15) is 11.5 Å². The Labute approximate surface area is 266 Å². The number of hydrogen-bond acceptors (Lipinski definition) is 8. The standard InChI is InChI=1S/C33H36FN5O6S/c34-25-5-7-27(29(14-25)37-31(40)9-10-35)23-1-3-24(4-2-23)32(41)38-46(44,45)26-6-8-28(30(15-26)39(42)43)36-19-33-16-20-11-21(17-33)13-22(12-20)18-33/h1-8,14-15,20-22,36H,9-13,16-19,35H2,(H,37,40)(H,38,41). The molecule has 0 atom stereocenters. The van der Waals surface area contributed by atoms with Gasteiger partial charge < -0.3 is 16.4 Å². The Bertz CT molecular complexity index is 1760. The van der Waals surface area contributed by atoms with Crippen LogP contribution in [0.15, 0.2) is 65.6 Å². The van der Waals surface area contributed by atoms with Crippen LogP contribution in [0, 0.1) is 39.1 Å². The highest BCUT2D eigenvalue weighted by atomic mass is 32.2. The fourth-order valence-electron chi connectivity index (χ4n) is 8.02. The summed E-state index contributed by atoms with van der Waals surface area (Å²) < 4.78 is 42.2. The van der Waals surface area contributed by atoms with E-state index >= 15 is 0 Å². The number of carbonyl (C=O) groups excluding carboxylic acids is 2. The molecule has 4 saturated carbocycles. The van der Waals surface area contributed by atoms with Crippen LogP contribution in [-0.2, 0) is 14.8 Å². The smallest absolute Gasteiger partial charge is 0.293 e. The van der Waals surface area contributed by atoms with Crippen molar-refractivity contribution in [3.63, 3.8) is 0 Å². The summed E-state index contributed by atoms with van der Waals surface area (Å²) in [5, 5.41) is 17.9. The predicted molar refractivity (Wildman–Crippen MR) is 171 cm³/mol. The van der Waals surface area contributed by atoms with Crippen LogP contribution in [-0.4, -0.2) is 38.2 Å². The number of nitro benzene ring substituents is 1. The van der Waals surface area contributed by atoms with Gasteiger partial charge in [-0.2, -0.15) is 0 Å². The van der Waals surface area contributed by atoms with E-state index in [1.807, 2.05) is 4.72 Å². The summed E-state index contributed by atoms with van der Waals surface area (Å²) in [6.07, 6.45) is 7.26. The minimum atomic E-state index is -4.46. The van der Waals surface area contributed by atoms with E-state index in [1.54, 1.807) is 0 Å². The normalized spacial score (nSPS) is 23.1. The fourth-order valence-corrected chi connectivity index (χ4v) is 9.02. The molecule has 4 aliphatic rings. The molecule has 4 bridgehead atoms. The summed E-state index contributed by atoms with van der Waals surface area (Å²) in [5.74, 6) is 0.301. The molecule has 2 amide bonds. The molecule has 3 aromatic carbocycles. The summed E-state index contributed by atoms with van der Waals surface area (Å²) in [5.41, 5.74) is 6.66. The van der Waals surface area contributed by atoms with E-state index in [0.717, 1.165) is 43.1 Å². The number of benzene rings is 3. The number of nitro groups is 1. The lowest BCUT2D eigenvalue weighted by Gasteiger charge is -2.57. The third-order valence-corrected chi connectivity index (χ3v) is 10.9. The first-order valence-corrected chi connectivity index (χ1v) is 16.9. The van der Waals surface area contributed by atoms with E-state index in [2.05, 4.69) is 10.6 Å². The number of amides is 2. The first-order valence-electron chi connectivity index (χ1n) is 15.4. The van der Waals surface area contributed by atoms with Gasteiger partial charge in [0, 0.05) is 36.7 Å². The molecule has 4 fully saturated rings. The first-order chi connectivity index (χ1) is 21.9. The van der Waals surface area contributed by atoms with E-state index in [-0.39, 0.29) is 46.9 Å². The molecule has 0 aromatic heterocycles. The van der Waals surface area contributed by atoms with Gasteiger partial charge in [0.2, 0.25) is 5.91 Å². The SMILES string of the molecule is NCCC(=O)Nc1cc(F)ccc1-c1ccc(C(=O)NS(=O)(=O)c2ccc(NCC34CC5CC(CC(C5)C3)C4)c([N+](=O)[O-])c2)cc1. The fraction of sp³-hybridized carbons (Fsp3) is 0.394. The van der Waals surface area contributed by atoms with E-state index in [9.17, 15) is 32.5 Å². The van der Waals surface area contributed by atoms with Crippen molar-refractivity contribution < 1.29 is 27.3 Å². The monoisotopic (exact) mass is 649 g/mol. The molecule has 46 heavy (non-hydrogen) atoms. The molecule has 0 spiro atoms. The van der Waals surface area contributed by atoms with Crippen LogP contribution in [0.5, 0.6) is 0 Å². The van der Waals surface area contributed by atoms with Gasteiger partial charge in [-0.3, -0.25) is 19.7 Å². The first kappa shape index (κ1) is 31.6. The van der Waals surface area contributed by atoms with Crippen molar-refractivity contribution >= 4 is 38.9 Å². The molecule has 5 N–H and O–H groups in total. The van der Waals surface area contributed by atoms with Crippen molar-refractivity contribution in [2.45, 2.75) is 49.8 Å². The van der Waals surface area contributed by atoms with Crippen molar-refractivity contribution in [3.8, 4) is 11.1 Å². The van der Waals surface area contributed by atoms with Gasteiger partial charge in [0.15, 0.2) is 0 Å². The number of rotatable bonds is 11. The molecule has 0 aliphatic heterocycles. The van der Waals surface area contributed by atoms with Crippen LogP contribution in [0.1, 0.15) is 55.3 Å².